The van der Waals surface area contributed by atoms with Gasteiger partial charge in [0.1, 0.15) is 13.2 Å². The van der Waals surface area contributed by atoms with Crippen LogP contribution in [-0.4, -0.2) is 37.2 Å². The zero-order chi connectivity index (χ0) is 51.1. The number of unbranched alkanes of at least 4 members (excludes halogenated alkanes) is 42. The minimum Gasteiger partial charge on any atom is -0.462 e. The van der Waals surface area contributed by atoms with E-state index in [1.807, 2.05) is 0 Å². The van der Waals surface area contributed by atoms with E-state index in [0.29, 0.717) is 19.3 Å². The molecule has 0 bridgehead atoms. The van der Waals surface area contributed by atoms with Crippen molar-refractivity contribution >= 4 is 17.9 Å². The van der Waals surface area contributed by atoms with E-state index < -0.39 is 6.10 Å². The molecule has 6 heteroatoms. The lowest BCUT2D eigenvalue weighted by atomic mass is 9.99. The van der Waals surface area contributed by atoms with Crippen LogP contribution in [0.15, 0.2) is 0 Å². The standard InChI is InChI=1S/C64H124O6/c1-6-8-9-10-11-12-13-14-15-21-25-30-36-41-46-51-56-64(67)70-61(58-69-63(66)55-50-45-40-35-31-26-27-32-37-42-47-52-59(3)4)57-68-62(65)54-49-44-39-34-29-24-22-19-17-16-18-20-23-28-33-38-43-48-53-60(5)7-2/h59-61H,6-58H2,1-5H3/t60?,61-/m1/s1. The SMILES string of the molecule is CCCCCCCCCCCCCCCCCCC(=O)O[C@H](COC(=O)CCCCCCCCCCCCCCCCCCCCC(C)CC)COC(=O)CCCCCCCCCCCCCC(C)C. The Morgan fingerprint density at radius 3 is 0.814 bits per heavy atom. The summed E-state index contributed by atoms with van der Waals surface area (Å²) in [5.74, 6) is 0.904. The van der Waals surface area contributed by atoms with Gasteiger partial charge in [0.05, 0.1) is 0 Å². The minimum atomic E-state index is -0.763. The number of carbonyl (C=O) groups is 3. The number of esters is 3. The summed E-state index contributed by atoms with van der Waals surface area (Å²) in [4.78, 5) is 38.3. The third-order valence-electron chi connectivity index (χ3n) is 15.1. The smallest absolute Gasteiger partial charge is 0.306 e. The van der Waals surface area contributed by atoms with Gasteiger partial charge >= 0.3 is 17.9 Å². The van der Waals surface area contributed by atoms with E-state index in [0.717, 1.165) is 69.6 Å². The normalized spacial score (nSPS) is 12.4. The van der Waals surface area contributed by atoms with Crippen molar-refractivity contribution < 1.29 is 28.6 Å². The molecule has 0 aromatic rings. The molecular formula is C64H124O6. The van der Waals surface area contributed by atoms with E-state index in [1.165, 1.54) is 250 Å². The molecule has 70 heavy (non-hydrogen) atoms. The summed E-state index contributed by atoms with van der Waals surface area (Å²) in [6, 6.07) is 0. The van der Waals surface area contributed by atoms with Gasteiger partial charge in [0.2, 0.25) is 0 Å². The Bertz CT molecular complexity index is 1070. The van der Waals surface area contributed by atoms with Gasteiger partial charge in [0, 0.05) is 19.3 Å². The van der Waals surface area contributed by atoms with Crippen LogP contribution in [0.4, 0.5) is 0 Å². The number of hydrogen-bond donors (Lipinski definition) is 0. The largest absolute Gasteiger partial charge is 0.462 e. The summed E-state index contributed by atoms with van der Waals surface area (Å²) in [5.41, 5.74) is 0. The van der Waals surface area contributed by atoms with E-state index in [4.69, 9.17) is 14.2 Å². The predicted molar refractivity (Wildman–Crippen MR) is 303 cm³/mol. The fraction of sp³-hybridized carbons (Fsp3) is 0.953. The molecule has 0 radical (unpaired) electrons. The molecular weight excluding hydrogens is 865 g/mol. The summed E-state index contributed by atoms with van der Waals surface area (Å²) in [7, 11) is 0. The van der Waals surface area contributed by atoms with E-state index in [-0.39, 0.29) is 31.1 Å². The van der Waals surface area contributed by atoms with Crippen LogP contribution in [0.5, 0.6) is 0 Å². The molecule has 0 rings (SSSR count). The molecule has 0 aliphatic heterocycles. The minimum absolute atomic E-state index is 0.0620. The quantitative estimate of drug-likeness (QED) is 0.0343. The van der Waals surface area contributed by atoms with Gasteiger partial charge in [-0.1, -0.05) is 324 Å². The Labute approximate surface area is 438 Å². The van der Waals surface area contributed by atoms with Gasteiger partial charge in [-0.2, -0.15) is 0 Å². The van der Waals surface area contributed by atoms with E-state index >= 15 is 0 Å². The maximum Gasteiger partial charge on any atom is 0.306 e. The molecule has 416 valence electrons. The van der Waals surface area contributed by atoms with E-state index in [9.17, 15) is 14.4 Å². The van der Waals surface area contributed by atoms with E-state index in [2.05, 4.69) is 34.6 Å². The molecule has 2 atom stereocenters. The van der Waals surface area contributed by atoms with Crippen LogP contribution >= 0.6 is 0 Å². The van der Waals surface area contributed by atoms with Crippen molar-refractivity contribution in [2.45, 2.75) is 368 Å². The molecule has 0 saturated heterocycles. The summed E-state index contributed by atoms with van der Waals surface area (Å²) in [6.07, 6.45) is 62.4. The molecule has 1 unspecified atom stereocenters. The Kier molecular flexibility index (Phi) is 55.4. The zero-order valence-corrected chi connectivity index (χ0v) is 48.2. The topological polar surface area (TPSA) is 78.9 Å². The zero-order valence-electron chi connectivity index (χ0n) is 48.2. The highest BCUT2D eigenvalue weighted by atomic mass is 16.6. The second-order valence-electron chi connectivity index (χ2n) is 22.8. The van der Waals surface area contributed by atoms with Crippen LogP contribution in [0, 0.1) is 11.8 Å². The first-order chi connectivity index (χ1) is 34.3. The lowest BCUT2D eigenvalue weighted by molar-refractivity contribution is -0.167. The monoisotopic (exact) mass is 989 g/mol. The maximum absolute atomic E-state index is 12.9. The summed E-state index contributed by atoms with van der Waals surface area (Å²) < 4.78 is 16.9. The van der Waals surface area contributed by atoms with Gasteiger partial charge in [-0.3, -0.25) is 14.4 Å². The Morgan fingerprint density at radius 1 is 0.300 bits per heavy atom. The van der Waals surface area contributed by atoms with Crippen LogP contribution < -0.4 is 0 Å². The molecule has 6 nitrogen and oxygen atoms in total. The van der Waals surface area contributed by atoms with Gasteiger partial charge in [0.25, 0.3) is 0 Å². The number of ether oxygens (including phenoxy) is 3. The summed E-state index contributed by atoms with van der Waals surface area (Å²) in [5, 5.41) is 0. The molecule has 0 heterocycles. The molecule has 0 aromatic heterocycles. The van der Waals surface area contributed by atoms with Crippen LogP contribution in [0.1, 0.15) is 362 Å². The second kappa shape index (κ2) is 56.7. The lowest BCUT2D eigenvalue weighted by Crippen LogP contribution is -2.30. The molecule has 0 amide bonds. The van der Waals surface area contributed by atoms with Crippen molar-refractivity contribution in [3.05, 3.63) is 0 Å². The molecule has 0 fully saturated rings. The van der Waals surface area contributed by atoms with Crippen molar-refractivity contribution in [1.82, 2.24) is 0 Å². The fourth-order valence-electron chi connectivity index (χ4n) is 9.90. The molecule has 0 spiro atoms. The molecule has 0 aliphatic carbocycles. The first-order valence-electron chi connectivity index (χ1n) is 31.8. The maximum atomic E-state index is 12.9. The van der Waals surface area contributed by atoms with Gasteiger partial charge < -0.3 is 14.2 Å². The third kappa shape index (κ3) is 55.7. The van der Waals surface area contributed by atoms with Crippen molar-refractivity contribution in [2.24, 2.45) is 11.8 Å². The van der Waals surface area contributed by atoms with Gasteiger partial charge in [-0.05, 0) is 31.1 Å². The molecule has 0 saturated carbocycles. The van der Waals surface area contributed by atoms with Crippen molar-refractivity contribution in [1.29, 1.82) is 0 Å². The molecule has 0 aliphatic rings. The first-order valence-corrected chi connectivity index (χ1v) is 31.8. The Hall–Kier alpha value is -1.59. The Morgan fingerprint density at radius 2 is 0.543 bits per heavy atom. The third-order valence-corrected chi connectivity index (χ3v) is 15.1. The average molecular weight is 990 g/mol. The van der Waals surface area contributed by atoms with Crippen molar-refractivity contribution in [2.75, 3.05) is 13.2 Å². The highest BCUT2D eigenvalue weighted by molar-refractivity contribution is 5.71. The number of hydrogen-bond acceptors (Lipinski definition) is 6. The summed E-state index contributed by atoms with van der Waals surface area (Å²) in [6.45, 7) is 11.5. The molecule has 0 aromatic carbocycles. The van der Waals surface area contributed by atoms with Crippen LogP contribution in [0.3, 0.4) is 0 Å². The highest BCUT2D eigenvalue weighted by Gasteiger charge is 2.19. The predicted octanol–water partition coefficient (Wildman–Crippen LogP) is 21.2. The van der Waals surface area contributed by atoms with Gasteiger partial charge in [0.15, 0.2) is 6.10 Å². The van der Waals surface area contributed by atoms with Crippen LogP contribution in [0.25, 0.3) is 0 Å². The van der Waals surface area contributed by atoms with E-state index in [1.54, 1.807) is 0 Å². The van der Waals surface area contributed by atoms with Crippen LogP contribution in [-0.2, 0) is 28.6 Å². The van der Waals surface area contributed by atoms with Gasteiger partial charge in [-0.25, -0.2) is 0 Å². The molecule has 0 N–H and O–H groups in total. The first kappa shape index (κ1) is 68.4. The fourth-order valence-corrected chi connectivity index (χ4v) is 9.90. The highest BCUT2D eigenvalue weighted by Crippen LogP contribution is 2.19. The number of carbonyl (C=O) groups excluding carboxylic acids is 3. The van der Waals surface area contributed by atoms with Crippen LogP contribution in [0.2, 0.25) is 0 Å². The lowest BCUT2D eigenvalue weighted by Gasteiger charge is -2.18. The van der Waals surface area contributed by atoms with Crippen molar-refractivity contribution in [3.63, 3.8) is 0 Å². The summed E-state index contributed by atoms with van der Waals surface area (Å²) >= 11 is 0. The van der Waals surface area contributed by atoms with Crippen molar-refractivity contribution in [3.8, 4) is 0 Å². The number of rotatable bonds is 58. The Balaban J connectivity index is 4.25. The van der Waals surface area contributed by atoms with Gasteiger partial charge in [-0.15, -0.1) is 0 Å². The second-order valence-corrected chi connectivity index (χ2v) is 22.8. The average Bonchev–Trinajstić information content (AvgIpc) is 3.35.